The maximum atomic E-state index is 12.1. The monoisotopic (exact) mass is 290 g/mol. The molecule has 0 aromatic carbocycles. The van der Waals surface area contributed by atoms with Crippen LogP contribution in [0.3, 0.4) is 0 Å². The maximum absolute atomic E-state index is 12.1. The molecule has 0 aliphatic carbocycles. The van der Waals surface area contributed by atoms with Gasteiger partial charge in [0.1, 0.15) is 0 Å². The zero-order chi connectivity index (χ0) is 13.0. The molecule has 1 N–H and O–H groups in total. The maximum Gasteiger partial charge on any atom is 0.222 e. The molecule has 0 aromatic heterocycles. The summed E-state index contributed by atoms with van der Waals surface area (Å²) in [4.78, 5) is 14.2. The van der Waals surface area contributed by atoms with E-state index in [0.717, 1.165) is 38.8 Å². The van der Waals surface area contributed by atoms with Gasteiger partial charge in [0, 0.05) is 25.6 Å². The third-order valence-corrected chi connectivity index (χ3v) is 4.18. The van der Waals surface area contributed by atoms with Crippen LogP contribution in [0.15, 0.2) is 0 Å². The SMILES string of the molecule is CNC1CCCN(C(=O)CCC2CCC(C)O2)C1.Cl. The number of amides is 1. The molecule has 4 nitrogen and oxygen atoms in total. The van der Waals surface area contributed by atoms with Crippen LogP contribution >= 0.6 is 12.4 Å². The summed E-state index contributed by atoms with van der Waals surface area (Å²) in [5.41, 5.74) is 0. The molecule has 2 saturated heterocycles. The number of likely N-dealkylation sites (N-methyl/N-ethyl adjacent to an activating group) is 1. The number of likely N-dealkylation sites (tertiary alicyclic amines) is 1. The molecule has 0 saturated carbocycles. The number of carbonyl (C=O) groups excluding carboxylic acids is 1. The van der Waals surface area contributed by atoms with Crippen molar-refractivity contribution in [2.24, 2.45) is 0 Å². The van der Waals surface area contributed by atoms with Crippen molar-refractivity contribution in [2.75, 3.05) is 20.1 Å². The molecule has 19 heavy (non-hydrogen) atoms. The standard InChI is InChI=1S/C14H26N2O2.ClH/c1-11-5-6-13(18-11)7-8-14(17)16-9-3-4-12(10-16)15-2;/h11-13,15H,3-10H2,1-2H3;1H. The van der Waals surface area contributed by atoms with Crippen LogP contribution in [-0.2, 0) is 9.53 Å². The van der Waals surface area contributed by atoms with Gasteiger partial charge in [0.2, 0.25) is 5.91 Å². The summed E-state index contributed by atoms with van der Waals surface area (Å²) in [6.07, 6.45) is 6.80. The van der Waals surface area contributed by atoms with Gasteiger partial charge in [-0.2, -0.15) is 0 Å². The number of hydrogen-bond acceptors (Lipinski definition) is 3. The average Bonchev–Trinajstić information content (AvgIpc) is 2.82. The van der Waals surface area contributed by atoms with Crippen LogP contribution in [0.25, 0.3) is 0 Å². The van der Waals surface area contributed by atoms with E-state index in [2.05, 4.69) is 12.2 Å². The normalized spacial score (nSPS) is 31.1. The van der Waals surface area contributed by atoms with E-state index in [1.54, 1.807) is 0 Å². The Bertz CT molecular complexity index is 289. The Morgan fingerprint density at radius 1 is 1.37 bits per heavy atom. The Balaban J connectivity index is 0.00000180. The Labute approximate surface area is 122 Å². The zero-order valence-electron chi connectivity index (χ0n) is 12.1. The van der Waals surface area contributed by atoms with E-state index in [1.807, 2.05) is 11.9 Å². The molecule has 2 rings (SSSR count). The smallest absolute Gasteiger partial charge is 0.222 e. The van der Waals surface area contributed by atoms with Gasteiger partial charge in [-0.1, -0.05) is 0 Å². The highest BCUT2D eigenvalue weighted by molar-refractivity contribution is 5.85. The summed E-state index contributed by atoms with van der Waals surface area (Å²) >= 11 is 0. The molecule has 1 amide bonds. The molecule has 112 valence electrons. The first kappa shape index (κ1) is 16.7. The molecule has 2 aliphatic rings. The van der Waals surface area contributed by atoms with Gasteiger partial charge in [-0.25, -0.2) is 0 Å². The number of rotatable bonds is 4. The highest BCUT2D eigenvalue weighted by atomic mass is 35.5. The van der Waals surface area contributed by atoms with Gasteiger partial charge in [-0.15, -0.1) is 12.4 Å². The summed E-state index contributed by atoms with van der Waals surface area (Å²) in [7, 11) is 1.98. The third kappa shape index (κ3) is 4.93. The summed E-state index contributed by atoms with van der Waals surface area (Å²) in [6.45, 7) is 3.92. The molecule has 3 unspecified atom stereocenters. The van der Waals surface area contributed by atoms with Crippen LogP contribution in [0.1, 0.15) is 45.4 Å². The van der Waals surface area contributed by atoms with Crippen LogP contribution in [0.5, 0.6) is 0 Å². The molecule has 0 bridgehead atoms. The lowest BCUT2D eigenvalue weighted by molar-refractivity contribution is -0.133. The van der Waals surface area contributed by atoms with Gasteiger partial charge in [-0.3, -0.25) is 4.79 Å². The van der Waals surface area contributed by atoms with E-state index < -0.39 is 0 Å². The summed E-state index contributed by atoms with van der Waals surface area (Å²) in [6, 6.07) is 0.477. The number of piperidine rings is 1. The second-order valence-corrected chi connectivity index (χ2v) is 5.65. The lowest BCUT2D eigenvalue weighted by Crippen LogP contribution is -2.47. The van der Waals surface area contributed by atoms with Crippen molar-refractivity contribution in [2.45, 2.75) is 63.7 Å². The summed E-state index contributed by atoms with van der Waals surface area (Å²) < 4.78 is 5.76. The fraction of sp³-hybridized carbons (Fsp3) is 0.929. The molecule has 0 aromatic rings. The van der Waals surface area contributed by atoms with Crippen molar-refractivity contribution < 1.29 is 9.53 Å². The van der Waals surface area contributed by atoms with E-state index in [4.69, 9.17) is 4.74 Å². The van der Waals surface area contributed by atoms with Crippen molar-refractivity contribution >= 4 is 18.3 Å². The third-order valence-electron chi connectivity index (χ3n) is 4.18. The van der Waals surface area contributed by atoms with Crippen LogP contribution in [0.4, 0.5) is 0 Å². The summed E-state index contributed by atoms with van der Waals surface area (Å²) in [5.74, 6) is 0.304. The first-order chi connectivity index (χ1) is 8.69. The first-order valence-electron chi connectivity index (χ1n) is 7.29. The Morgan fingerprint density at radius 2 is 2.16 bits per heavy atom. The van der Waals surface area contributed by atoms with Gasteiger partial charge in [0.15, 0.2) is 0 Å². The second kappa shape index (κ2) is 8.08. The van der Waals surface area contributed by atoms with Gasteiger partial charge in [-0.05, 0) is 46.1 Å². The number of carbonyl (C=O) groups is 1. The Morgan fingerprint density at radius 3 is 2.79 bits per heavy atom. The van der Waals surface area contributed by atoms with E-state index in [-0.39, 0.29) is 12.4 Å². The van der Waals surface area contributed by atoms with Crippen LogP contribution < -0.4 is 5.32 Å². The molecule has 3 atom stereocenters. The lowest BCUT2D eigenvalue weighted by atomic mass is 10.0. The van der Waals surface area contributed by atoms with Crippen molar-refractivity contribution in [3.05, 3.63) is 0 Å². The predicted molar refractivity (Wildman–Crippen MR) is 78.7 cm³/mol. The number of nitrogens with one attached hydrogen (secondary N) is 1. The number of hydrogen-bond donors (Lipinski definition) is 1. The van der Waals surface area contributed by atoms with Gasteiger partial charge >= 0.3 is 0 Å². The Kier molecular flexibility index (Phi) is 7.11. The van der Waals surface area contributed by atoms with Gasteiger partial charge in [0.05, 0.1) is 12.2 Å². The van der Waals surface area contributed by atoms with Crippen molar-refractivity contribution in [1.82, 2.24) is 10.2 Å². The van der Waals surface area contributed by atoms with Gasteiger partial charge in [0.25, 0.3) is 0 Å². The first-order valence-corrected chi connectivity index (χ1v) is 7.29. The fourth-order valence-electron chi connectivity index (χ4n) is 2.98. The minimum absolute atomic E-state index is 0. The van der Waals surface area contributed by atoms with Crippen LogP contribution in [-0.4, -0.2) is 49.2 Å². The number of ether oxygens (including phenoxy) is 1. The van der Waals surface area contributed by atoms with Crippen molar-refractivity contribution in [1.29, 1.82) is 0 Å². The van der Waals surface area contributed by atoms with E-state index in [0.29, 0.717) is 30.6 Å². The van der Waals surface area contributed by atoms with Crippen molar-refractivity contribution in [3.63, 3.8) is 0 Å². The van der Waals surface area contributed by atoms with Crippen LogP contribution in [0, 0.1) is 0 Å². The molecule has 0 spiro atoms. The molecule has 2 fully saturated rings. The minimum atomic E-state index is 0. The molecule has 0 radical (unpaired) electrons. The Hall–Kier alpha value is -0.320. The van der Waals surface area contributed by atoms with E-state index in [1.165, 1.54) is 6.42 Å². The summed E-state index contributed by atoms with van der Waals surface area (Å²) in [5, 5.41) is 3.27. The highest BCUT2D eigenvalue weighted by Crippen LogP contribution is 2.23. The van der Waals surface area contributed by atoms with E-state index >= 15 is 0 Å². The predicted octanol–water partition coefficient (Wildman–Crippen LogP) is 1.97. The van der Waals surface area contributed by atoms with E-state index in [9.17, 15) is 4.79 Å². The average molecular weight is 291 g/mol. The number of halogens is 1. The molecular formula is C14H27ClN2O2. The molecule has 2 heterocycles. The number of nitrogens with zero attached hydrogens (tertiary/aromatic N) is 1. The highest BCUT2D eigenvalue weighted by Gasteiger charge is 2.25. The molecular weight excluding hydrogens is 264 g/mol. The lowest BCUT2D eigenvalue weighted by Gasteiger charge is -2.32. The minimum Gasteiger partial charge on any atom is -0.375 e. The van der Waals surface area contributed by atoms with Crippen LogP contribution in [0.2, 0.25) is 0 Å². The zero-order valence-corrected chi connectivity index (χ0v) is 12.9. The molecule has 5 heteroatoms. The van der Waals surface area contributed by atoms with Gasteiger partial charge < -0.3 is 15.0 Å². The second-order valence-electron chi connectivity index (χ2n) is 5.65. The topological polar surface area (TPSA) is 41.6 Å². The quantitative estimate of drug-likeness (QED) is 0.861. The molecule has 2 aliphatic heterocycles. The fourth-order valence-corrected chi connectivity index (χ4v) is 2.98. The largest absolute Gasteiger partial charge is 0.375 e. The van der Waals surface area contributed by atoms with Crippen molar-refractivity contribution in [3.8, 4) is 0 Å².